The zero-order chi connectivity index (χ0) is 8.70. The first-order valence-corrected chi connectivity index (χ1v) is 5.70. The number of rotatable bonds is 3. The van der Waals surface area contributed by atoms with Crippen molar-refractivity contribution in [3.05, 3.63) is 0 Å². The summed E-state index contributed by atoms with van der Waals surface area (Å²) in [4.78, 5) is 0. The third kappa shape index (κ3) is 1.43. The van der Waals surface area contributed by atoms with Crippen molar-refractivity contribution in [2.75, 3.05) is 0 Å². The molecule has 0 N–H and O–H groups in total. The molecule has 1 aliphatic rings. The van der Waals surface area contributed by atoms with Gasteiger partial charge in [0.05, 0.1) is 10.00 Å². The van der Waals surface area contributed by atoms with Crippen molar-refractivity contribution < 1.29 is 8.42 Å². The molecule has 0 aromatic carbocycles. The lowest BCUT2D eigenvalue weighted by Gasteiger charge is -2.22. The summed E-state index contributed by atoms with van der Waals surface area (Å²) in [6, 6.07) is 0. The minimum Gasteiger partial charge on any atom is -0.228 e. The van der Waals surface area contributed by atoms with E-state index in [0.29, 0.717) is 6.42 Å². The largest absolute Gasteiger partial charge is 0.228 e. The fourth-order valence-corrected chi connectivity index (χ4v) is 3.09. The molecule has 0 aromatic heterocycles. The minimum atomic E-state index is -2.82. The number of hydrogen-bond donors (Lipinski definition) is 0. The third-order valence-corrected chi connectivity index (χ3v) is 5.76. The maximum Gasteiger partial charge on any atom is 0.158 e. The summed E-state index contributed by atoms with van der Waals surface area (Å²) >= 11 is 0. The molecule has 66 valence electrons. The van der Waals surface area contributed by atoms with Crippen molar-refractivity contribution in [2.45, 2.75) is 50.0 Å². The lowest BCUT2D eigenvalue weighted by Crippen LogP contribution is -2.33. The van der Waals surface area contributed by atoms with Crippen LogP contribution in [0.2, 0.25) is 0 Å². The third-order valence-electron chi connectivity index (χ3n) is 2.58. The van der Waals surface area contributed by atoms with Crippen LogP contribution in [0.4, 0.5) is 0 Å². The first kappa shape index (κ1) is 9.04. The first-order valence-electron chi connectivity index (χ1n) is 4.15. The van der Waals surface area contributed by atoms with Gasteiger partial charge in [-0.2, -0.15) is 0 Å². The minimum absolute atomic E-state index is 0.0163. The summed E-state index contributed by atoms with van der Waals surface area (Å²) in [5.41, 5.74) is 0. The van der Waals surface area contributed by atoms with Crippen LogP contribution in [-0.4, -0.2) is 18.4 Å². The molecule has 11 heavy (non-hydrogen) atoms. The van der Waals surface area contributed by atoms with Crippen molar-refractivity contribution in [1.29, 1.82) is 0 Å². The zero-order valence-corrected chi connectivity index (χ0v) is 8.24. The van der Waals surface area contributed by atoms with E-state index >= 15 is 0 Å². The second-order valence-electron chi connectivity index (χ2n) is 3.86. The summed E-state index contributed by atoms with van der Waals surface area (Å²) in [7, 11) is -2.82. The van der Waals surface area contributed by atoms with Gasteiger partial charge in [0.1, 0.15) is 0 Å². The van der Waals surface area contributed by atoms with Crippen LogP contribution in [0.15, 0.2) is 0 Å². The molecule has 0 aliphatic heterocycles. The van der Waals surface area contributed by atoms with Gasteiger partial charge in [0.2, 0.25) is 0 Å². The molecule has 0 heterocycles. The highest BCUT2D eigenvalue weighted by atomic mass is 32.2. The van der Waals surface area contributed by atoms with Crippen molar-refractivity contribution in [3.8, 4) is 0 Å². The van der Waals surface area contributed by atoms with Crippen LogP contribution in [0.25, 0.3) is 0 Å². The van der Waals surface area contributed by atoms with Gasteiger partial charge in [0.25, 0.3) is 0 Å². The highest BCUT2D eigenvalue weighted by Crippen LogP contribution is 2.37. The second kappa shape index (κ2) is 2.47. The van der Waals surface area contributed by atoms with Gasteiger partial charge < -0.3 is 0 Å². The lowest BCUT2D eigenvalue weighted by molar-refractivity contribution is 0.537. The van der Waals surface area contributed by atoms with Gasteiger partial charge in [-0.25, -0.2) is 8.42 Å². The van der Waals surface area contributed by atoms with Gasteiger partial charge >= 0.3 is 0 Å². The molecule has 1 saturated carbocycles. The quantitative estimate of drug-likeness (QED) is 0.656. The highest BCUT2D eigenvalue weighted by molar-refractivity contribution is 7.93. The summed E-state index contributed by atoms with van der Waals surface area (Å²) in [5.74, 6) is 0. The molecule has 0 saturated heterocycles. The Morgan fingerprint density at radius 3 is 2.09 bits per heavy atom. The average molecular weight is 176 g/mol. The molecule has 0 bridgehead atoms. The fraction of sp³-hybridized carbons (Fsp3) is 1.00. The number of sulfone groups is 1. The summed E-state index contributed by atoms with van der Waals surface area (Å²) < 4.78 is 22.8. The molecular weight excluding hydrogens is 160 g/mol. The predicted molar refractivity (Wildman–Crippen MR) is 46.3 cm³/mol. The molecule has 0 aromatic rings. The predicted octanol–water partition coefficient (Wildman–Crippen LogP) is 1.75. The highest BCUT2D eigenvalue weighted by Gasteiger charge is 2.44. The Labute approximate surface area is 68.9 Å². The molecule has 0 spiro atoms. The van der Waals surface area contributed by atoms with Crippen molar-refractivity contribution in [1.82, 2.24) is 0 Å². The molecule has 0 radical (unpaired) electrons. The SMILES string of the molecule is CCC(C)(C)S(=O)(=O)C1CC1. The van der Waals surface area contributed by atoms with Crippen LogP contribution in [0, 0.1) is 0 Å². The van der Waals surface area contributed by atoms with Gasteiger partial charge in [0.15, 0.2) is 9.84 Å². The van der Waals surface area contributed by atoms with Crippen LogP contribution >= 0.6 is 0 Å². The molecule has 1 rings (SSSR count). The second-order valence-corrected chi connectivity index (χ2v) is 6.72. The molecule has 0 unspecified atom stereocenters. The standard InChI is InChI=1S/C8H16O2S/c1-4-8(2,3)11(9,10)7-5-6-7/h7H,4-6H2,1-3H3. The van der Waals surface area contributed by atoms with E-state index in [0.717, 1.165) is 12.8 Å². The van der Waals surface area contributed by atoms with Crippen molar-refractivity contribution in [2.24, 2.45) is 0 Å². The maximum atomic E-state index is 11.6. The average Bonchev–Trinajstić information content (AvgIpc) is 2.68. The summed E-state index contributed by atoms with van der Waals surface area (Å²) in [6.45, 7) is 5.57. The van der Waals surface area contributed by atoms with Gasteiger partial charge in [-0.15, -0.1) is 0 Å². The van der Waals surface area contributed by atoms with Crippen LogP contribution in [0.3, 0.4) is 0 Å². The van der Waals surface area contributed by atoms with Gasteiger partial charge in [0, 0.05) is 0 Å². The normalized spacial score (nSPS) is 20.3. The van der Waals surface area contributed by atoms with Gasteiger partial charge in [-0.3, -0.25) is 0 Å². The molecule has 0 amide bonds. The van der Waals surface area contributed by atoms with E-state index in [2.05, 4.69) is 0 Å². The Balaban J connectivity index is 2.87. The van der Waals surface area contributed by atoms with E-state index in [9.17, 15) is 8.42 Å². The smallest absolute Gasteiger partial charge is 0.158 e. The molecule has 3 heteroatoms. The monoisotopic (exact) mass is 176 g/mol. The van der Waals surface area contributed by atoms with Gasteiger partial charge in [-0.1, -0.05) is 6.92 Å². The Bertz CT molecular complexity index is 235. The van der Waals surface area contributed by atoms with E-state index in [1.165, 1.54) is 0 Å². The Hall–Kier alpha value is -0.0500. The van der Waals surface area contributed by atoms with E-state index in [1.807, 2.05) is 20.8 Å². The van der Waals surface area contributed by atoms with E-state index in [1.54, 1.807) is 0 Å². The molecule has 0 atom stereocenters. The topological polar surface area (TPSA) is 34.1 Å². The summed E-state index contributed by atoms with van der Waals surface area (Å²) in [6.07, 6.45) is 2.48. The van der Waals surface area contributed by atoms with E-state index < -0.39 is 14.6 Å². The molecule has 1 fully saturated rings. The Morgan fingerprint density at radius 1 is 1.36 bits per heavy atom. The van der Waals surface area contributed by atoms with E-state index in [4.69, 9.17) is 0 Å². The zero-order valence-electron chi connectivity index (χ0n) is 7.42. The van der Waals surface area contributed by atoms with Crippen LogP contribution < -0.4 is 0 Å². The fourth-order valence-electron chi connectivity index (χ4n) is 1.03. The summed E-state index contributed by atoms with van der Waals surface area (Å²) in [5, 5.41) is -0.0163. The van der Waals surface area contributed by atoms with E-state index in [-0.39, 0.29) is 5.25 Å². The Morgan fingerprint density at radius 2 is 1.82 bits per heavy atom. The molecule has 1 aliphatic carbocycles. The molecule has 2 nitrogen and oxygen atoms in total. The Kier molecular flexibility index (Phi) is 2.03. The lowest BCUT2D eigenvalue weighted by atomic mass is 10.1. The van der Waals surface area contributed by atoms with Gasteiger partial charge in [-0.05, 0) is 33.1 Å². The maximum absolute atomic E-state index is 11.6. The van der Waals surface area contributed by atoms with Crippen molar-refractivity contribution in [3.63, 3.8) is 0 Å². The van der Waals surface area contributed by atoms with Crippen LogP contribution in [-0.2, 0) is 9.84 Å². The van der Waals surface area contributed by atoms with Crippen LogP contribution in [0.5, 0.6) is 0 Å². The van der Waals surface area contributed by atoms with Crippen molar-refractivity contribution >= 4 is 9.84 Å². The first-order chi connectivity index (χ1) is 4.92. The number of hydrogen-bond acceptors (Lipinski definition) is 2. The van der Waals surface area contributed by atoms with Crippen LogP contribution in [0.1, 0.15) is 40.0 Å². The molecular formula is C8H16O2S.